The van der Waals surface area contributed by atoms with Crippen LogP contribution in [-0.2, 0) is 15.1 Å². The number of carbonyl (C=O) groups is 4. The van der Waals surface area contributed by atoms with E-state index in [0.29, 0.717) is 30.5 Å². The lowest BCUT2D eigenvalue weighted by Gasteiger charge is -2.25. The van der Waals surface area contributed by atoms with Crippen molar-refractivity contribution in [1.82, 2.24) is 10.2 Å². The van der Waals surface area contributed by atoms with Gasteiger partial charge in [0.15, 0.2) is 5.78 Å². The van der Waals surface area contributed by atoms with Gasteiger partial charge in [-0.2, -0.15) is 0 Å². The molecule has 2 fully saturated rings. The molecule has 0 spiro atoms. The molecule has 2 aliphatic heterocycles. The standard InChI is InChI=1S/C23H23N3O4/c1-2-23(17-7-4-3-5-8-17)21(29)26(22(30)24-23)15-19(27)16-10-12-18(13-11-16)25-14-6-9-20(25)28/h3-5,7-8,10-13H,2,6,9,14-15H2,1H3,(H,24,30)/t23-/m1/s1. The number of nitrogens with zero attached hydrogens (tertiary/aromatic N) is 2. The monoisotopic (exact) mass is 405 g/mol. The van der Waals surface area contributed by atoms with Crippen molar-refractivity contribution in [2.45, 2.75) is 31.7 Å². The Morgan fingerprint density at radius 1 is 1.03 bits per heavy atom. The number of benzene rings is 2. The second-order valence-electron chi connectivity index (χ2n) is 7.57. The van der Waals surface area contributed by atoms with Gasteiger partial charge >= 0.3 is 6.03 Å². The highest BCUT2D eigenvalue weighted by molar-refractivity contribution is 6.11. The van der Waals surface area contributed by atoms with Gasteiger partial charge in [0.05, 0.1) is 6.54 Å². The Balaban J connectivity index is 1.51. The zero-order valence-electron chi connectivity index (χ0n) is 16.8. The normalized spacial score (nSPS) is 21.3. The average Bonchev–Trinajstić information content (AvgIpc) is 3.31. The first-order valence-electron chi connectivity index (χ1n) is 10.1. The van der Waals surface area contributed by atoms with Gasteiger partial charge in [-0.1, -0.05) is 37.3 Å². The van der Waals surface area contributed by atoms with Crippen molar-refractivity contribution in [3.05, 3.63) is 65.7 Å². The molecule has 0 radical (unpaired) electrons. The topological polar surface area (TPSA) is 86.8 Å². The summed E-state index contributed by atoms with van der Waals surface area (Å²) in [6.07, 6.45) is 1.74. The number of urea groups is 1. The van der Waals surface area contributed by atoms with Crippen molar-refractivity contribution >= 4 is 29.3 Å². The smallest absolute Gasteiger partial charge is 0.319 e. The van der Waals surface area contributed by atoms with Crippen molar-refractivity contribution in [3.63, 3.8) is 0 Å². The van der Waals surface area contributed by atoms with Crippen molar-refractivity contribution in [2.75, 3.05) is 18.0 Å². The van der Waals surface area contributed by atoms with Crippen LogP contribution in [0.4, 0.5) is 10.5 Å². The summed E-state index contributed by atoms with van der Waals surface area (Å²) in [7, 11) is 0. The third-order valence-corrected chi connectivity index (χ3v) is 5.85. The molecule has 2 aromatic carbocycles. The highest BCUT2D eigenvalue weighted by Gasteiger charge is 2.51. The second-order valence-corrected chi connectivity index (χ2v) is 7.57. The zero-order valence-corrected chi connectivity index (χ0v) is 16.8. The van der Waals surface area contributed by atoms with E-state index in [9.17, 15) is 19.2 Å². The predicted molar refractivity (Wildman–Crippen MR) is 111 cm³/mol. The molecular formula is C23H23N3O4. The number of anilines is 1. The number of nitrogens with one attached hydrogen (secondary N) is 1. The lowest BCUT2D eigenvalue weighted by molar-refractivity contribution is -0.131. The largest absolute Gasteiger partial charge is 0.325 e. The van der Waals surface area contributed by atoms with E-state index in [1.54, 1.807) is 41.3 Å². The molecule has 2 heterocycles. The summed E-state index contributed by atoms with van der Waals surface area (Å²) in [5.41, 5.74) is 0.678. The quantitative estimate of drug-likeness (QED) is 0.591. The van der Waals surface area contributed by atoms with E-state index in [1.807, 2.05) is 25.1 Å². The zero-order chi connectivity index (χ0) is 21.3. The lowest BCUT2D eigenvalue weighted by atomic mass is 9.87. The number of imide groups is 1. The number of amides is 4. The van der Waals surface area contributed by atoms with Crippen molar-refractivity contribution in [3.8, 4) is 0 Å². The summed E-state index contributed by atoms with van der Waals surface area (Å²) >= 11 is 0. The SMILES string of the molecule is CC[C@]1(c2ccccc2)NC(=O)N(CC(=O)c2ccc(N3CCCC3=O)cc2)C1=O. The third-order valence-electron chi connectivity index (χ3n) is 5.85. The number of rotatable bonds is 6. The first-order chi connectivity index (χ1) is 14.5. The van der Waals surface area contributed by atoms with Crippen LogP contribution >= 0.6 is 0 Å². The highest BCUT2D eigenvalue weighted by atomic mass is 16.2. The van der Waals surface area contributed by atoms with Crippen LogP contribution in [-0.4, -0.2) is 41.6 Å². The Hall–Kier alpha value is -3.48. The fourth-order valence-corrected chi connectivity index (χ4v) is 4.12. The lowest BCUT2D eigenvalue weighted by Crippen LogP contribution is -2.43. The van der Waals surface area contributed by atoms with E-state index in [-0.39, 0.29) is 18.2 Å². The first kappa shape index (κ1) is 19.8. The molecule has 2 saturated heterocycles. The van der Waals surface area contributed by atoms with E-state index in [1.165, 1.54) is 0 Å². The molecule has 4 rings (SSSR count). The molecule has 0 aromatic heterocycles. The fraction of sp³-hybridized carbons (Fsp3) is 0.304. The van der Waals surface area contributed by atoms with Gasteiger partial charge in [0, 0.05) is 24.2 Å². The number of carbonyl (C=O) groups excluding carboxylic acids is 4. The fourth-order valence-electron chi connectivity index (χ4n) is 4.12. The maximum atomic E-state index is 13.1. The minimum absolute atomic E-state index is 0.0743. The van der Waals surface area contributed by atoms with Crippen LogP contribution in [0.5, 0.6) is 0 Å². The average molecular weight is 405 g/mol. The summed E-state index contributed by atoms with van der Waals surface area (Å²) in [6, 6.07) is 15.2. The second kappa shape index (κ2) is 7.74. The van der Waals surface area contributed by atoms with Gasteiger partial charge in [-0.3, -0.25) is 19.3 Å². The Bertz CT molecular complexity index is 1000. The Morgan fingerprint density at radius 3 is 2.33 bits per heavy atom. The summed E-state index contributed by atoms with van der Waals surface area (Å²) in [5.74, 6) is -0.683. The highest BCUT2D eigenvalue weighted by Crippen LogP contribution is 2.32. The molecule has 2 aromatic rings. The van der Waals surface area contributed by atoms with Crippen LogP contribution in [0.3, 0.4) is 0 Å². The van der Waals surface area contributed by atoms with E-state index >= 15 is 0 Å². The Morgan fingerprint density at radius 2 is 1.73 bits per heavy atom. The summed E-state index contributed by atoms with van der Waals surface area (Å²) in [5, 5.41) is 2.78. The summed E-state index contributed by atoms with van der Waals surface area (Å²) < 4.78 is 0. The molecule has 0 aliphatic carbocycles. The van der Waals surface area contributed by atoms with Gasteiger partial charge in [0.1, 0.15) is 5.54 Å². The van der Waals surface area contributed by atoms with Crippen LogP contribution in [0.25, 0.3) is 0 Å². The van der Waals surface area contributed by atoms with Crippen LogP contribution in [0.15, 0.2) is 54.6 Å². The molecule has 2 aliphatic rings. The molecule has 154 valence electrons. The molecule has 1 atom stereocenters. The molecule has 0 unspecified atom stereocenters. The van der Waals surface area contributed by atoms with Crippen LogP contribution in [0.2, 0.25) is 0 Å². The Labute approximate surface area is 174 Å². The van der Waals surface area contributed by atoms with E-state index in [4.69, 9.17) is 0 Å². The van der Waals surface area contributed by atoms with Crippen molar-refractivity contribution < 1.29 is 19.2 Å². The number of Topliss-reactive ketones (excluding diaryl/α,β-unsaturated/α-hetero) is 1. The van der Waals surface area contributed by atoms with Gasteiger partial charge in [-0.25, -0.2) is 4.79 Å². The molecular weight excluding hydrogens is 382 g/mol. The van der Waals surface area contributed by atoms with Crippen LogP contribution in [0.1, 0.15) is 42.1 Å². The van der Waals surface area contributed by atoms with Gasteiger partial charge < -0.3 is 10.2 Å². The summed E-state index contributed by atoms with van der Waals surface area (Å²) in [6.45, 7) is 2.17. The first-order valence-corrected chi connectivity index (χ1v) is 10.1. The van der Waals surface area contributed by atoms with Gasteiger partial charge in [-0.15, -0.1) is 0 Å². The van der Waals surface area contributed by atoms with Gasteiger partial charge in [-0.05, 0) is 42.7 Å². The number of hydrogen-bond donors (Lipinski definition) is 1. The third kappa shape index (κ3) is 3.26. The van der Waals surface area contributed by atoms with Gasteiger partial charge in [0.2, 0.25) is 5.91 Å². The van der Waals surface area contributed by atoms with Crippen molar-refractivity contribution in [1.29, 1.82) is 0 Å². The van der Waals surface area contributed by atoms with E-state index < -0.39 is 17.5 Å². The Kier molecular flexibility index (Phi) is 5.11. The minimum Gasteiger partial charge on any atom is -0.319 e. The van der Waals surface area contributed by atoms with E-state index in [2.05, 4.69) is 5.32 Å². The number of ketones is 1. The molecule has 0 saturated carbocycles. The molecule has 7 nitrogen and oxygen atoms in total. The predicted octanol–water partition coefficient (Wildman–Crippen LogP) is 2.85. The molecule has 30 heavy (non-hydrogen) atoms. The summed E-state index contributed by atoms with van der Waals surface area (Å²) in [4.78, 5) is 53.0. The minimum atomic E-state index is -1.15. The van der Waals surface area contributed by atoms with Crippen molar-refractivity contribution in [2.24, 2.45) is 0 Å². The maximum absolute atomic E-state index is 13.1. The molecule has 7 heteroatoms. The van der Waals surface area contributed by atoms with Crippen LogP contribution in [0, 0.1) is 0 Å². The maximum Gasteiger partial charge on any atom is 0.325 e. The number of hydrogen-bond acceptors (Lipinski definition) is 4. The molecule has 4 amide bonds. The molecule has 0 bridgehead atoms. The van der Waals surface area contributed by atoms with Crippen LogP contribution < -0.4 is 10.2 Å². The van der Waals surface area contributed by atoms with Gasteiger partial charge in [0.25, 0.3) is 5.91 Å². The van der Waals surface area contributed by atoms with E-state index in [0.717, 1.165) is 17.0 Å². The molecule has 1 N–H and O–H groups in total.